The second kappa shape index (κ2) is 5.56. The highest BCUT2D eigenvalue weighted by atomic mass is 79.9. The zero-order valence-electron chi connectivity index (χ0n) is 10.5. The highest BCUT2D eigenvalue weighted by molar-refractivity contribution is 9.10. The maximum absolute atomic E-state index is 6.08. The molecule has 1 aliphatic carbocycles. The van der Waals surface area contributed by atoms with E-state index in [1.165, 1.54) is 24.0 Å². The summed E-state index contributed by atoms with van der Waals surface area (Å²) in [5.41, 5.74) is 3.85. The van der Waals surface area contributed by atoms with Gasteiger partial charge in [0.1, 0.15) is 0 Å². The van der Waals surface area contributed by atoms with Crippen LogP contribution < -0.4 is 5.32 Å². The highest BCUT2D eigenvalue weighted by Gasteiger charge is 2.23. The first-order valence-electron chi connectivity index (χ1n) is 6.50. The highest BCUT2D eigenvalue weighted by Crippen LogP contribution is 2.40. The molecule has 0 spiro atoms. The van der Waals surface area contributed by atoms with E-state index in [2.05, 4.69) is 45.5 Å². The van der Waals surface area contributed by atoms with Gasteiger partial charge in [0.05, 0.1) is 5.02 Å². The number of anilines is 1. The van der Waals surface area contributed by atoms with Crippen LogP contribution in [0.3, 0.4) is 0 Å². The molecule has 0 aromatic heterocycles. The van der Waals surface area contributed by atoms with E-state index < -0.39 is 0 Å². The molecule has 0 unspecified atom stereocenters. The van der Waals surface area contributed by atoms with Gasteiger partial charge in [0.25, 0.3) is 0 Å². The molecule has 2 aromatic carbocycles. The molecule has 0 bridgehead atoms. The fourth-order valence-corrected chi connectivity index (χ4v) is 2.61. The molecule has 0 radical (unpaired) electrons. The third-order valence-corrected chi connectivity index (χ3v) is 4.65. The molecule has 1 aliphatic rings. The Morgan fingerprint density at radius 3 is 2.74 bits per heavy atom. The fraction of sp³-hybridized carbons (Fsp3) is 0.250. The molecule has 0 amide bonds. The van der Waals surface area contributed by atoms with E-state index in [4.69, 9.17) is 11.6 Å². The van der Waals surface area contributed by atoms with Gasteiger partial charge in [-0.05, 0) is 64.0 Å². The number of hydrogen-bond donors (Lipinski definition) is 1. The molecular formula is C16H15BrClN. The minimum atomic E-state index is 0.733. The van der Waals surface area contributed by atoms with Crippen LogP contribution in [0.15, 0.2) is 46.9 Å². The lowest BCUT2D eigenvalue weighted by molar-refractivity contribution is 1.09. The summed E-state index contributed by atoms with van der Waals surface area (Å²) in [5.74, 6) is 0.807. The SMILES string of the molecule is Clc1cc(NCc2cccc(C3CC3)c2)ccc1Br. The smallest absolute Gasteiger partial charge is 0.0568 e. The maximum atomic E-state index is 6.08. The molecule has 0 heterocycles. The molecule has 2 aromatic rings. The number of benzene rings is 2. The van der Waals surface area contributed by atoms with E-state index >= 15 is 0 Å². The quantitative estimate of drug-likeness (QED) is 0.767. The minimum absolute atomic E-state index is 0.733. The van der Waals surface area contributed by atoms with Crippen molar-refractivity contribution in [2.45, 2.75) is 25.3 Å². The van der Waals surface area contributed by atoms with Crippen LogP contribution in [0, 0.1) is 0 Å². The zero-order valence-corrected chi connectivity index (χ0v) is 12.8. The maximum Gasteiger partial charge on any atom is 0.0568 e. The van der Waals surface area contributed by atoms with Gasteiger partial charge >= 0.3 is 0 Å². The molecule has 1 N–H and O–H groups in total. The molecule has 98 valence electrons. The number of hydrogen-bond acceptors (Lipinski definition) is 1. The van der Waals surface area contributed by atoms with E-state index in [0.717, 1.165) is 27.6 Å². The predicted molar refractivity (Wildman–Crippen MR) is 84.9 cm³/mol. The Balaban J connectivity index is 1.68. The van der Waals surface area contributed by atoms with E-state index in [1.807, 2.05) is 18.2 Å². The molecule has 3 rings (SSSR count). The van der Waals surface area contributed by atoms with Crippen LogP contribution in [0.5, 0.6) is 0 Å². The van der Waals surface area contributed by atoms with Gasteiger partial charge in [0.15, 0.2) is 0 Å². The van der Waals surface area contributed by atoms with Crippen LogP contribution in [-0.2, 0) is 6.54 Å². The summed E-state index contributed by atoms with van der Waals surface area (Å²) in [6, 6.07) is 14.8. The monoisotopic (exact) mass is 335 g/mol. The minimum Gasteiger partial charge on any atom is -0.381 e. The molecule has 3 heteroatoms. The van der Waals surface area contributed by atoms with Gasteiger partial charge in [-0.2, -0.15) is 0 Å². The molecule has 1 saturated carbocycles. The Hall–Kier alpha value is -0.990. The summed E-state index contributed by atoms with van der Waals surface area (Å²) >= 11 is 9.48. The Bertz CT molecular complexity index is 593. The van der Waals surface area contributed by atoms with Crippen LogP contribution in [0.25, 0.3) is 0 Å². The van der Waals surface area contributed by atoms with Gasteiger partial charge in [0.2, 0.25) is 0 Å². The first-order valence-corrected chi connectivity index (χ1v) is 7.67. The van der Waals surface area contributed by atoms with Crippen molar-refractivity contribution in [2.75, 3.05) is 5.32 Å². The Morgan fingerprint density at radius 1 is 1.16 bits per heavy atom. The van der Waals surface area contributed by atoms with Crippen molar-refractivity contribution in [1.29, 1.82) is 0 Å². The lowest BCUT2D eigenvalue weighted by atomic mass is 10.1. The second-order valence-electron chi connectivity index (χ2n) is 5.00. The fourth-order valence-electron chi connectivity index (χ4n) is 2.18. The zero-order chi connectivity index (χ0) is 13.2. The van der Waals surface area contributed by atoms with Gasteiger partial charge in [0, 0.05) is 16.7 Å². The van der Waals surface area contributed by atoms with Crippen LogP contribution in [-0.4, -0.2) is 0 Å². The average molecular weight is 337 g/mol. The molecule has 0 atom stereocenters. The van der Waals surface area contributed by atoms with Crippen LogP contribution in [0.1, 0.15) is 29.9 Å². The van der Waals surface area contributed by atoms with Gasteiger partial charge in [-0.3, -0.25) is 0 Å². The Morgan fingerprint density at radius 2 is 2.00 bits per heavy atom. The molecule has 1 nitrogen and oxygen atoms in total. The van der Waals surface area contributed by atoms with Gasteiger partial charge in [-0.25, -0.2) is 0 Å². The first-order chi connectivity index (χ1) is 9.22. The van der Waals surface area contributed by atoms with E-state index in [9.17, 15) is 0 Å². The molecule has 19 heavy (non-hydrogen) atoms. The lowest BCUT2D eigenvalue weighted by Gasteiger charge is -2.09. The Labute approximate surface area is 127 Å². The van der Waals surface area contributed by atoms with E-state index in [0.29, 0.717) is 0 Å². The Kier molecular flexibility index (Phi) is 3.81. The van der Waals surface area contributed by atoms with Crippen LogP contribution in [0.2, 0.25) is 5.02 Å². The van der Waals surface area contributed by atoms with Gasteiger partial charge in [-0.1, -0.05) is 35.9 Å². The van der Waals surface area contributed by atoms with Crippen molar-refractivity contribution in [2.24, 2.45) is 0 Å². The number of nitrogens with one attached hydrogen (secondary N) is 1. The summed E-state index contributed by atoms with van der Waals surface area (Å²) in [6.45, 7) is 0.832. The normalized spacial score (nSPS) is 14.4. The number of halogens is 2. The van der Waals surface area contributed by atoms with Gasteiger partial charge in [-0.15, -0.1) is 0 Å². The van der Waals surface area contributed by atoms with Crippen molar-refractivity contribution < 1.29 is 0 Å². The van der Waals surface area contributed by atoms with Crippen LogP contribution >= 0.6 is 27.5 Å². The number of rotatable bonds is 4. The largest absolute Gasteiger partial charge is 0.381 e. The standard InChI is InChI=1S/C16H15BrClN/c17-15-7-6-14(9-16(15)18)19-10-11-2-1-3-13(8-11)12-4-5-12/h1-3,6-9,12,19H,4-5,10H2. The van der Waals surface area contributed by atoms with Crippen molar-refractivity contribution in [1.82, 2.24) is 0 Å². The van der Waals surface area contributed by atoms with Gasteiger partial charge < -0.3 is 5.32 Å². The summed E-state index contributed by atoms with van der Waals surface area (Å²) in [7, 11) is 0. The van der Waals surface area contributed by atoms with Crippen molar-refractivity contribution in [3.63, 3.8) is 0 Å². The van der Waals surface area contributed by atoms with Crippen molar-refractivity contribution >= 4 is 33.2 Å². The molecule has 1 fully saturated rings. The molecule has 0 aliphatic heterocycles. The average Bonchev–Trinajstić information content (AvgIpc) is 3.25. The lowest BCUT2D eigenvalue weighted by Crippen LogP contribution is -1.99. The predicted octanol–water partition coefficient (Wildman–Crippen LogP) is 5.59. The van der Waals surface area contributed by atoms with Crippen LogP contribution in [0.4, 0.5) is 5.69 Å². The van der Waals surface area contributed by atoms with Crippen molar-refractivity contribution in [3.05, 3.63) is 63.1 Å². The summed E-state index contributed by atoms with van der Waals surface area (Å²) in [4.78, 5) is 0. The molecular weight excluding hydrogens is 322 g/mol. The third-order valence-electron chi connectivity index (χ3n) is 3.42. The first kappa shape index (κ1) is 13.0. The summed E-state index contributed by atoms with van der Waals surface area (Å²) in [6.07, 6.45) is 2.69. The van der Waals surface area contributed by atoms with E-state index in [-0.39, 0.29) is 0 Å². The van der Waals surface area contributed by atoms with E-state index in [1.54, 1.807) is 0 Å². The molecule has 0 saturated heterocycles. The summed E-state index contributed by atoms with van der Waals surface area (Å²) in [5, 5.41) is 4.14. The summed E-state index contributed by atoms with van der Waals surface area (Å²) < 4.78 is 0.926. The third kappa shape index (κ3) is 3.31. The topological polar surface area (TPSA) is 12.0 Å². The van der Waals surface area contributed by atoms with Crippen molar-refractivity contribution in [3.8, 4) is 0 Å². The second-order valence-corrected chi connectivity index (χ2v) is 6.26.